The number of anilines is 3. The van der Waals surface area contributed by atoms with Crippen molar-refractivity contribution in [3.05, 3.63) is 53.8 Å². The smallest absolute Gasteiger partial charge is 0.322 e. The molecule has 1 atom stereocenters. The molecule has 2 aromatic rings. The van der Waals surface area contributed by atoms with E-state index in [0.717, 1.165) is 17.7 Å². The lowest BCUT2D eigenvalue weighted by Gasteiger charge is -2.31. The maximum absolute atomic E-state index is 13.5. The Balaban J connectivity index is 2.31. The maximum Gasteiger partial charge on any atom is 0.322 e. The molecule has 0 heterocycles. The first-order valence-electron chi connectivity index (χ1n) is 10.2. The van der Waals surface area contributed by atoms with Crippen molar-refractivity contribution in [2.24, 2.45) is 0 Å². The molecule has 0 radical (unpaired) electrons. The van der Waals surface area contributed by atoms with Gasteiger partial charge in [-0.15, -0.1) is 0 Å². The van der Waals surface area contributed by atoms with Crippen molar-refractivity contribution in [3.63, 3.8) is 0 Å². The number of rotatable bonds is 9. The van der Waals surface area contributed by atoms with Crippen LogP contribution in [0.15, 0.2) is 42.5 Å². The van der Waals surface area contributed by atoms with Crippen molar-refractivity contribution in [1.29, 1.82) is 0 Å². The van der Waals surface area contributed by atoms with Crippen LogP contribution in [0, 0.1) is 5.82 Å². The summed E-state index contributed by atoms with van der Waals surface area (Å²) in [4.78, 5) is 28.6. The Kier molecular flexibility index (Phi) is 8.81. The van der Waals surface area contributed by atoms with E-state index in [4.69, 9.17) is 4.74 Å². The van der Waals surface area contributed by atoms with Gasteiger partial charge in [-0.3, -0.25) is 4.79 Å². The molecule has 0 aromatic heterocycles. The van der Waals surface area contributed by atoms with Crippen LogP contribution in [0.3, 0.4) is 0 Å². The number of benzene rings is 2. The fourth-order valence-corrected chi connectivity index (χ4v) is 3.15. The first kappa shape index (κ1) is 24.1. The molecule has 2 aromatic carbocycles. The van der Waals surface area contributed by atoms with E-state index in [1.54, 1.807) is 17.0 Å². The number of ether oxygens (including phenoxy) is 1. The highest BCUT2D eigenvalue weighted by atomic mass is 19.1. The molecule has 31 heavy (non-hydrogen) atoms. The van der Waals surface area contributed by atoms with Gasteiger partial charge < -0.3 is 25.2 Å². The second-order valence-electron chi connectivity index (χ2n) is 7.54. The van der Waals surface area contributed by atoms with Crippen LogP contribution in [-0.4, -0.2) is 50.7 Å². The number of carbonyl (C=O) groups excluding carboxylic acids is 2. The van der Waals surface area contributed by atoms with Gasteiger partial charge in [-0.25, -0.2) is 9.18 Å². The van der Waals surface area contributed by atoms with Gasteiger partial charge in [-0.1, -0.05) is 13.0 Å². The minimum atomic E-state index is -0.415. The van der Waals surface area contributed by atoms with Crippen LogP contribution in [0.2, 0.25) is 0 Å². The van der Waals surface area contributed by atoms with E-state index in [0.29, 0.717) is 17.9 Å². The Morgan fingerprint density at radius 3 is 2.42 bits per heavy atom. The summed E-state index contributed by atoms with van der Waals surface area (Å²) in [6.07, 6.45) is 0.748. The van der Waals surface area contributed by atoms with Crippen molar-refractivity contribution in [3.8, 4) is 0 Å². The molecule has 2 rings (SSSR count). The third-order valence-corrected chi connectivity index (χ3v) is 4.92. The standard InChI is InChI=1S/C23H31FN4O3/c1-6-16(2)28(23(30)26-19-9-7-8-18(24)13-19)14-17-12-20(25-22(29)15-31-5)10-11-21(17)27(3)4/h7-13,16H,6,14-15H2,1-5H3,(H,25,29)(H,26,30)/t16-/m0/s1. The summed E-state index contributed by atoms with van der Waals surface area (Å²) in [7, 11) is 5.30. The maximum atomic E-state index is 13.5. The minimum Gasteiger partial charge on any atom is -0.377 e. The predicted octanol–water partition coefficient (Wildman–Crippen LogP) is 4.31. The number of nitrogens with one attached hydrogen (secondary N) is 2. The van der Waals surface area contributed by atoms with Crippen LogP contribution in [0.1, 0.15) is 25.8 Å². The third kappa shape index (κ3) is 6.96. The summed E-state index contributed by atoms with van der Waals surface area (Å²) >= 11 is 0. The summed E-state index contributed by atoms with van der Waals surface area (Å²) in [6, 6.07) is 11.0. The van der Waals surface area contributed by atoms with Crippen LogP contribution in [0.25, 0.3) is 0 Å². The zero-order valence-corrected chi connectivity index (χ0v) is 18.7. The molecule has 0 fully saturated rings. The number of hydrogen-bond acceptors (Lipinski definition) is 4. The van der Waals surface area contributed by atoms with Gasteiger partial charge in [0, 0.05) is 50.9 Å². The van der Waals surface area contributed by atoms with Crippen molar-refractivity contribution >= 4 is 29.0 Å². The monoisotopic (exact) mass is 430 g/mol. The zero-order chi connectivity index (χ0) is 23.0. The van der Waals surface area contributed by atoms with E-state index >= 15 is 0 Å². The van der Waals surface area contributed by atoms with Crippen LogP contribution in [-0.2, 0) is 16.1 Å². The lowest BCUT2D eigenvalue weighted by Crippen LogP contribution is -2.41. The van der Waals surface area contributed by atoms with E-state index in [9.17, 15) is 14.0 Å². The van der Waals surface area contributed by atoms with E-state index in [2.05, 4.69) is 10.6 Å². The van der Waals surface area contributed by atoms with Gasteiger partial charge in [0.2, 0.25) is 5.91 Å². The SMILES string of the molecule is CC[C@H](C)N(Cc1cc(NC(=O)COC)ccc1N(C)C)C(=O)Nc1cccc(F)c1. The van der Waals surface area contributed by atoms with Gasteiger partial charge in [0.05, 0.1) is 0 Å². The Morgan fingerprint density at radius 2 is 1.81 bits per heavy atom. The molecular weight excluding hydrogens is 399 g/mol. The fraction of sp³-hybridized carbons (Fsp3) is 0.391. The lowest BCUT2D eigenvalue weighted by molar-refractivity contribution is -0.119. The highest BCUT2D eigenvalue weighted by Crippen LogP contribution is 2.26. The lowest BCUT2D eigenvalue weighted by atomic mass is 10.1. The van der Waals surface area contributed by atoms with E-state index < -0.39 is 5.82 Å². The molecule has 0 bridgehead atoms. The minimum absolute atomic E-state index is 0.0419. The molecule has 7 nitrogen and oxygen atoms in total. The molecule has 0 saturated carbocycles. The van der Waals surface area contributed by atoms with Crippen molar-refractivity contribution < 1.29 is 18.7 Å². The highest BCUT2D eigenvalue weighted by molar-refractivity contribution is 5.92. The Bertz CT molecular complexity index is 904. The van der Waals surface area contributed by atoms with Crippen molar-refractivity contribution in [1.82, 2.24) is 4.90 Å². The molecule has 0 aliphatic rings. The van der Waals surface area contributed by atoms with Crippen LogP contribution >= 0.6 is 0 Å². The largest absolute Gasteiger partial charge is 0.377 e. The van der Waals surface area contributed by atoms with E-state index in [-0.39, 0.29) is 24.6 Å². The topological polar surface area (TPSA) is 73.9 Å². The molecular formula is C23H31FN4O3. The number of amides is 3. The zero-order valence-electron chi connectivity index (χ0n) is 18.7. The molecule has 2 N–H and O–H groups in total. The van der Waals surface area contributed by atoms with Gasteiger partial charge in [-0.2, -0.15) is 0 Å². The van der Waals surface area contributed by atoms with E-state index in [1.807, 2.05) is 51.0 Å². The number of carbonyl (C=O) groups is 2. The Hall–Kier alpha value is -3.13. The fourth-order valence-electron chi connectivity index (χ4n) is 3.15. The molecule has 8 heteroatoms. The molecule has 0 aliphatic carbocycles. The molecule has 0 saturated heterocycles. The molecule has 3 amide bonds. The number of urea groups is 1. The molecule has 168 valence electrons. The number of nitrogens with zero attached hydrogens (tertiary/aromatic N) is 2. The summed E-state index contributed by atoms with van der Waals surface area (Å²) in [5.41, 5.74) is 2.82. The van der Waals surface area contributed by atoms with Gasteiger partial charge in [0.15, 0.2) is 0 Å². The van der Waals surface area contributed by atoms with Crippen LogP contribution in [0.5, 0.6) is 0 Å². The molecule has 0 unspecified atom stereocenters. The van der Waals surface area contributed by atoms with Crippen molar-refractivity contribution in [2.45, 2.75) is 32.9 Å². The van der Waals surface area contributed by atoms with Crippen LogP contribution in [0.4, 0.5) is 26.2 Å². The second-order valence-corrected chi connectivity index (χ2v) is 7.54. The third-order valence-electron chi connectivity index (χ3n) is 4.92. The van der Waals surface area contributed by atoms with Gasteiger partial charge in [0.1, 0.15) is 12.4 Å². The second kappa shape index (κ2) is 11.3. The highest BCUT2D eigenvalue weighted by Gasteiger charge is 2.22. The van der Waals surface area contributed by atoms with Crippen molar-refractivity contribution in [2.75, 3.05) is 43.3 Å². The molecule has 0 spiro atoms. The Morgan fingerprint density at radius 1 is 1.10 bits per heavy atom. The quantitative estimate of drug-likeness (QED) is 0.622. The van der Waals surface area contributed by atoms with Gasteiger partial charge >= 0.3 is 6.03 Å². The first-order chi connectivity index (χ1) is 14.7. The van der Waals surface area contributed by atoms with Gasteiger partial charge in [-0.05, 0) is 55.3 Å². The average Bonchev–Trinajstić information content (AvgIpc) is 2.71. The summed E-state index contributed by atoms with van der Waals surface area (Å²) in [6.45, 7) is 4.24. The normalized spacial score (nSPS) is 11.5. The summed E-state index contributed by atoms with van der Waals surface area (Å²) < 4.78 is 18.4. The van der Waals surface area contributed by atoms with Crippen LogP contribution < -0.4 is 15.5 Å². The Labute approximate surface area is 183 Å². The van der Waals surface area contributed by atoms with E-state index in [1.165, 1.54) is 19.2 Å². The average molecular weight is 431 g/mol. The number of methoxy groups -OCH3 is 1. The first-order valence-corrected chi connectivity index (χ1v) is 10.2. The number of hydrogen-bond donors (Lipinski definition) is 2. The summed E-state index contributed by atoms with van der Waals surface area (Å²) in [5, 5.41) is 5.58. The predicted molar refractivity (Wildman–Crippen MR) is 122 cm³/mol. The molecule has 0 aliphatic heterocycles. The summed E-state index contributed by atoms with van der Waals surface area (Å²) in [5.74, 6) is -0.670. The van der Waals surface area contributed by atoms with Gasteiger partial charge in [0.25, 0.3) is 0 Å². The number of halogens is 1.